The molecule has 5 radical (unpaired) electrons. The Labute approximate surface area is 159 Å². The molecule has 1 fully saturated rings. The number of ether oxygens (including phenoxy) is 1. The molecule has 0 saturated heterocycles. The van der Waals surface area contributed by atoms with Crippen molar-refractivity contribution in [2.24, 2.45) is 0 Å². The van der Waals surface area contributed by atoms with Gasteiger partial charge in [-0.3, -0.25) is 0 Å². The zero-order valence-electron chi connectivity index (χ0n) is 16.2. The Hall–Kier alpha value is -1.44. The van der Waals surface area contributed by atoms with Gasteiger partial charge in [0.05, 0.1) is 6.61 Å². The van der Waals surface area contributed by atoms with Crippen LogP contribution < -0.4 is 4.74 Å². The summed E-state index contributed by atoms with van der Waals surface area (Å²) in [6.45, 7) is 4.98. The summed E-state index contributed by atoms with van der Waals surface area (Å²) in [5.74, 6) is 3.14. The highest BCUT2D eigenvalue weighted by molar-refractivity contribution is 5.85. The van der Waals surface area contributed by atoms with Gasteiger partial charge in [-0.05, 0) is 63.6 Å². The predicted octanol–water partition coefficient (Wildman–Crippen LogP) is 6.88. The number of hydrogen-bond donors (Lipinski definition) is 0. The summed E-state index contributed by atoms with van der Waals surface area (Å²) in [6.07, 6.45) is 18.8. The Balaban J connectivity index is 1.71. The third-order valence-electron chi connectivity index (χ3n) is 5.03. The molecular formula is C24H31O2. The molecule has 1 heterocycles. The number of unbranched alkanes of at least 4 members (excludes halogenated alkanes) is 6. The average molecular weight is 352 g/mol. The molecule has 2 nitrogen and oxygen atoms in total. The lowest BCUT2D eigenvalue weighted by atomic mass is 9.95. The molecule has 0 unspecified atom stereocenters. The van der Waals surface area contributed by atoms with E-state index in [1.165, 1.54) is 61.8 Å². The quantitative estimate of drug-likeness (QED) is 0.412. The van der Waals surface area contributed by atoms with Crippen LogP contribution >= 0.6 is 0 Å². The predicted molar refractivity (Wildman–Crippen MR) is 109 cm³/mol. The lowest BCUT2D eigenvalue weighted by molar-refractivity contribution is 0.340. The Bertz CT molecular complexity index is 664. The highest BCUT2D eigenvalue weighted by Gasteiger charge is 2.26. The van der Waals surface area contributed by atoms with Gasteiger partial charge in [0.25, 0.3) is 0 Å². The average Bonchev–Trinajstić information content (AvgIpc) is 3.29. The molecule has 1 aromatic heterocycles. The van der Waals surface area contributed by atoms with Crippen molar-refractivity contribution >= 4 is 11.0 Å². The van der Waals surface area contributed by atoms with Crippen LogP contribution in [-0.4, -0.2) is 6.61 Å². The van der Waals surface area contributed by atoms with Crippen molar-refractivity contribution in [1.29, 1.82) is 0 Å². The van der Waals surface area contributed by atoms with E-state index >= 15 is 0 Å². The van der Waals surface area contributed by atoms with Crippen LogP contribution in [0.3, 0.4) is 0 Å². The molecule has 2 aromatic rings. The molecule has 1 aromatic carbocycles. The number of hydrogen-bond acceptors (Lipinski definition) is 2. The summed E-state index contributed by atoms with van der Waals surface area (Å²) >= 11 is 0. The molecule has 0 aliphatic heterocycles. The van der Waals surface area contributed by atoms with E-state index in [2.05, 4.69) is 38.7 Å². The van der Waals surface area contributed by atoms with E-state index < -0.39 is 0 Å². The number of benzene rings is 1. The van der Waals surface area contributed by atoms with Gasteiger partial charge in [-0.25, -0.2) is 0 Å². The highest BCUT2D eigenvalue weighted by atomic mass is 16.5. The standard InChI is InChI=1S/C24H31O2/c1-3-5-6-7-8-9-10-15-21-22-18-20(25-4-2)16-17-23(22)26-24(21)19-13-11-12-14-19/h11-14,16-18H,3-10,15H2,1-2H3. The van der Waals surface area contributed by atoms with Crippen molar-refractivity contribution in [2.75, 3.05) is 6.61 Å². The molecule has 3 rings (SSSR count). The summed E-state index contributed by atoms with van der Waals surface area (Å²) in [4.78, 5) is 0. The smallest absolute Gasteiger partial charge is 0.134 e. The summed E-state index contributed by atoms with van der Waals surface area (Å²) in [5, 5.41) is 1.21. The van der Waals surface area contributed by atoms with Crippen LogP contribution in [0.4, 0.5) is 0 Å². The number of fused-ring (bicyclic) bond motifs is 1. The Morgan fingerprint density at radius 2 is 1.62 bits per heavy atom. The van der Waals surface area contributed by atoms with E-state index in [-0.39, 0.29) is 0 Å². The Morgan fingerprint density at radius 3 is 2.35 bits per heavy atom. The van der Waals surface area contributed by atoms with Gasteiger partial charge in [0.1, 0.15) is 17.1 Å². The summed E-state index contributed by atoms with van der Waals surface area (Å²) in [7, 11) is 0. The van der Waals surface area contributed by atoms with E-state index in [0.29, 0.717) is 6.61 Å². The third-order valence-corrected chi connectivity index (χ3v) is 5.03. The first-order chi connectivity index (χ1) is 12.8. The van der Waals surface area contributed by atoms with Crippen LogP contribution in [-0.2, 0) is 6.42 Å². The molecule has 0 amide bonds. The maximum Gasteiger partial charge on any atom is 0.134 e. The van der Waals surface area contributed by atoms with E-state index in [1.807, 2.05) is 19.1 Å². The Morgan fingerprint density at radius 1 is 0.885 bits per heavy atom. The zero-order chi connectivity index (χ0) is 18.2. The van der Waals surface area contributed by atoms with E-state index in [1.54, 1.807) is 0 Å². The van der Waals surface area contributed by atoms with E-state index in [4.69, 9.17) is 9.15 Å². The van der Waals surface area contributed by atoms with Crippen molar-refractivity contribution in [1.82, 2.24) is 0 Å². The molecule has 0 bridgehead atoms. The minimum Gasteiger partial charge on any atom is -0.494 e. The van der Waals surface area contributed by atoms with Gasteiger partial charge < -0.3 is 9.15 Å². The van der Waals surface area contributed by atoms with Crippen LogP contribution in [0.25, 0.3) is 11.0 Å². The second-order valence-corrected chi connectivity index (χ2v) is 7.05. The highest BCUT2D eigenvalue weighted by Crippen LogP contribution is 2.39. The van der Waals surface area contributed by atoms with Gasteiger partial charge in [-0.2, -0.15) is 0 Å². The second kappa shape index (κ2) is 10.0. The third kappa shape index (κ3) is 4.84. The first-order valence-corrected chi connectivity index (χ1v) is 10.2. The van der Waals surface area contributed by atoms with E-state index in [0.717, 1.165) is 23.5 Å². The number of rotatable bonds is 11. The van der Waals surface area contributed by atoms with Crippen LogP contribution in [0.1, 0.15) is 70.1 Å². The molecule has 0 atom stereocenters. The van der Waals surface area contributed by atoms with Crippen molar-refractivity contribution < 1.29 is 9.15 Å². The largest absolute Gasteiger partial charge is 0.494 e. The molecule has 0 spiro atoms. The van der Waals surface area contributed by atoms with Gasteiger partial charge in [-0.1, -0.05) is 45.4 Å². The first kappa shape index (κ1) is 19.3. The topological polar surface area (TPSA) is 22.4 Å². The van der Waals surface area contributed by atoms with Crippen molar-refractivity contribution in [3.8, 4) is 5.75 Å². The van der Waals surface area contributed by atoms with Crippen molar-refractivity contribution in [3.63, 3.8) is 0 Å². The fourth-order valence-electron chi connectivity index (χ4n) is 3.65. The normalized spacial score (nSPS) is 15.2. The minimum atomic E-state index is 0.687. The monoisotopic (exact) mass is 351 g/mol. The van der Waals surface area contributed by atoms with Crippen LogP contribution in [0.15, 0.2) is 22.6 Å². The summed E-state index contributed by atoms with van der Waals surface area (Å²) in [6, 6.07) is 6.19. The molecule has 139 valence electrons. The SMILES string of the molecule is CCCCCCCCCc1c([C]2[CH][CH][CH][CH]2)oc2ccc(OCC)cc12. The minimum absolute atomic E-state index is 0.687. The number of aryl methyl sites for hydroxylation is 1. The maximum atomic E-state index is 6.23. The molecule has 26 heavy (non-hydrogen) atoms. The zero-order valence-corrected chi connectivity index (χ0v) is 16.2. The van der Waals surface area contributed by atoms with Gasteiger partial charge in [-0.15, -0.1) is 0 Å². The fourth-order valence-corrected chi connectivity index (χ4v) is 3.65. The maximum absolute atomic E-state index is 6.23. The molecular weight excluding hydrogens is 320 g/mol. The van der Waals surface area contributed by atoms with Crippen LogP contribution in [0.2, 0.25) is 0 Å². The van der Waals surface area contributed by atoms with E-state index in [9.17, 15) is 0 Å². The molecule has 1 aliphatic rings. The van der Waals surface area contributed by atoms with Gasteiger partial charge in [0.15, 0.2) is 0 Å². The first-order valence-electron chi connectivity index (χ1n) is 10.2. The second-order valence-electron chi connectivity index (χ2n) is 7.05. The summed E-state index contributed by atoms with van der Waals surface area (Å²) in [5.41, 5.74) is 2.30. The molecule has 0 N–H and O–H groups in total. The fraction of sp³-hybridized carbons (Fsp3) is 0.458. The lowest BCUT2D eigenvalue weighted by Gasteiger charge is -2.08. The van der Waals surface area contributed by atoms with Crippen molar-refractivity contribution in [3.05, 3.63) is 61.1 Å². The molecule has 2 heteroatoms. The van der Waals surface area contributed by atoms with Gasteiger partial charge in [0.2, 0.25) is 0 Å². The number of furan rings is 1. The lowest BCUT2D eigenvalue weighted by Crippen LogP contribution is -1.98. The Kier molecular flexibility index (Phi) is 7.46. The summed E-state index contributed by atoms with van der Waals surface area (Å²) < 4.78 is 11.9. The van der Waals surface area contributed by atoms with Crippen molar-refractivity contribution in [2.45, 2.75) is 65.2 Å². The molecule has 1 aliphatic carbocycles. The van der Waals surface area contributed by atoms with Crippen LogP contribution in [0, 0.1) is 31.6 Å². The van der Waals surface area contributed by atoms with Crippen LogP contribution in [0.5, 0.6) is 5.75 Å². The van der Waals surface area contributed by atoms with Gasteiger partial charge in [0, 0.05) is 16.9 Å². The molecule has 1 saturated carbocycles. The van der Waals surface area contributed by atoms with Gasteiger partial charge >= 0.3 is 0 Å².